The minimum atomic E-state index is -0.345. The summed E-state index contributed by atoms with van der Waals surface area (Å²) in [6.07, 6.45) is 0.170. The summed E-state index contributed by atoms with van der Waals surface area (Å²) in [7, 11) is 0. The number of hydrazine groups is 1. The number of hydrogen-bond acceptors (Lipinski definition) is 2. The summed E-state index contributed by atoms with van der Waals surface area (Å²) < 4.78 is 0.998. The topological polar surface area (TPSA) is 58.2 Å². The highest BCUT2D eigenvalue weighted by Gasteiger charge is 2.09. The van der Waals surface area contributed by atoms with Crippen LogP contribution in [-0.2, 0) is 11.2 Å². The lowest BCUT2D eigenvalue weighted by Gasteiger charge is -2.08. The van der Waals surface area contributed by atoms with Gasteiger partial charge in [-0.3, -0.25) is 20.4 Å². The van der Waals surface area contributed by atoms with Gasteiger partial charge < -0.3 is 0 Å². The van der Waals surface area contributed by atoms with E-state index in [9.17, 15) is 9.59 Å². The van der Waals surface area contributed by atoms with Crippen molar-refractivity contribution in [3.63, 3.8) is 0 Å². The van der Waals surface area contributed by atoms with Gasteiger partial charge in [0.25, 0.3) is 5.91 Å². The molecule has 0 bridgehead atoms. The Labute approximate surface area is 147 Å². The van der Waals surface area contributed by atoms with Gasteiger partial charge in [-0.1, -0.05) is 29.8 Å². The zero-order chi connectivity index (χ0) is 16.1. The van der Waals surface area contributed by atoms with Crippen molar-refractivity contribution in [3.8, 4) is 0 Å². The molecule has 0 fully saturated rings. The molecule has 0 aliphatic heterocycles. The quantitative estimate of drug-likeness (QED) is 0.582. The van der Waals surface area contributed by atoms with Crippen molar-refractivity contribution in [1.82, 2.24) is 10.9 Å². The molecule has 0 saturated carbocycles. The van der Waals surface area contributed by atoms with Crippen LogP contribution in [0.25, 0.3) is 0 Å². The molecule has 2 aromatic rings. The Bertz CT molecular complexity index is 702. The zero-order valence-corrected chi connectivity index (χ0v) is 14.7. The maximum Gasteiger partial charge on any atom is 0.269 e. The molecule has 0 unspecified atom stereocenters. The number of hydrogen-bond donors (Lipinski definition) is 2. The SMILES string of the molecule is Cc1ccc(C(=O)NNC(=O)Cc2ccc(Cl)cc2)cc1I. The maximum atomic E-state index is 12.0. The van der Waals surface area contributed by atoms with E-state index in [1.165, 1.54) is 0 Å². The van der Waals surface area contributed by atoms with Crippen molar-refractivity contribution in [2.75, 3.05) is 0 Å². The Balaban J connectivity index is 1.88. The van der Waals surface area contributed by atoms with Gasteiger partial charge in [0, 0.05) is 14.2 Å². The first kappa shape index (κ1) is 16.8. The van der Waals surface area contributed by atoms with Crippen LogP contribution in [0.3, 0.4) is 0 Å². The van der Waals surface area contributed by atoms with Crippen molar-refractivity contribution >= 4 is 46.0 Å². The van der Waals surface area contributed by atoms with Gasteiger partial charge in [-0.05, 0) is 64.9 Å². The molecule has 0 radical (unpaired) electrons. The number of benzene rings is 2. The van der Waals surface area contributed by atoms with Crippen molar-refractivity contribution in [1.29, 1.82) is 0 Å². The molecule has 2 amide bonds. The van der Waals surface area contributed by atoms with Crippen LogP contribution in [-0.4, -0.2) is 11.8 Å². The van der Waals surface area contributed by atoms with Crippen LogP contribution in [0.1, 0.15) is 21.5 Å². The van der Waals surface area contributed by atoms with Crippen LogP contribution in [0, 0.1) is 10.5 Å². The molecule has 4 nitrogen and oxygen atoms in total. The Morgan fingerprint density at radius 2 is 1.77 bits per heavy atom. The number of nitrogens with one attached hydrogen (secondary N) is 2. The highest BCUT2D eigenvalue weighted by atomic mass is 127. The van der Waals surface area contributed by atoms with Crippen LogP contribution in [0.4, 0.5) is 0 Å². The van der Waals surface area contributed by atoms with E-state index in [-0.39, 0.29) is 18.2 Å². The average Bonchev–Trinajstić information content (AvgIpc) is 2.50. The lowest BCUT2D eigenvalue weighted by Crippen LogP contribution is -2.42. The van der Waals surface area contributed by atoms with Crippen LogP contribution in [0.5, 0.6) is 0 Å². The number of carbonyl (C=O) groups is 2. The monoisotopic (exact) mass is 428 g/mol. The summed E-state index contributed by atoms with van der Waals surface area (Å²) in [6.45, 7) is 1.97. The highest BCUT2D eigenvalue weighted by Crippen LogP contribution is 2.13. The van der Waals surface area contributed by atoms with E-state index in [1.807, 2.05) is 13.0 Å². The molecular weight excluding hydrogens is 415 g/mol. The predicted octanol–water partition coefficient (Wildman–Crippen LogP) is 3.26. The molecule has 114 valence electrons. The number of halogens is 2. The smallest absolute Gasteiger partial charge is 0.269 e. The summed E-state index contributed by atoms with van der Waals surface area (Å²) in [4.78, 5) is 23.8. The van der Waals surface area contributed by atoms with Crippen molar-refractivity contribution < 1.29 is 9.59 Å². The summed E-state index contributed by atoms with van der Waals surface area (Å²) in [5, 5.41) is 0.617. The highest BCUT2D eigenvalue weighted by molar-refractivity contribution is 14.1. The third-order valence-corrected chi connectivity index (χ3v) is 4.44. The lowest BCUT2D eigenvalue weighted by molar-refractivity contribution is -0.121. The van der Waals surface area contributed by atoms with E-state index in [0.717, 1.165) is 14.7 Å². The Morgan fingerprint density at radius 1 is 1.09 bits per heavy atom. The van der Waals surface area contributed by atoms with Gasteiger partial charge >= 0.3 is 0 Å². The molecule has 2 N–H and O–H groups in total. The van der Waals surface area contributed by atoms with Crippen molar-refractivity contribution in [3.05, 3.63) is 67.7 Å². The average molecular weight is 429 g/mol. The van der Waals surface area contributed by atoms with Gasteiger partial charge in [0.15, 0.2) is 0 Å². The second-order valence-electron chi connectivity index (χ2n) is 4.77. The first-order valence-electron chi connectivity index (χ1n) is 6.55. The predicted molar refractivity (Wildman–Crippen MR) is 94.7 cm³/mol. The molecular formula is C16H14ClIN2O2. The molecule has 2 aromatic carbocycles. The first-order valence-corrected chi connectivity index (χ1v) is 8.01. The van der Waals surface area contributed by atoms with Gasteiger partial charge in [-0.15, -0.1) is 0 Å². The van der Waals surface area contributed by atoms with E-state index >= 15 is 0 Å². The summed E-state index contributed by atoms with van der Waals surface area (Å²) in [5.74, 6) is -0.639. The summed E-state index contributed by atoms with van der Waals surface area (Å²) in [6, 6.07) is 12.3. The van der Waals surface area contributed by atoms with Crippen LogP contribution in [0.15, 0.2) is 42.5 Å². The molecule has 22 heavy (non-hydrogen) atoms. The van der Waals surface area contributed by atoms with Gasteiger partial charge in [0.2, 0.25) is 5.91 Å². The van der Waals surface area contributed by atoms with Crippen LogP contribution < -0.4 is 10.9 Å². The molecule has 0 aromatic heterocycles. The number of carbonyl (C=O) groups excluding carboxylic acids is 2. The van der Waals surface area contributed by atoms with E-state index in [0.29, 0.717) is 10.6 Å². The Kier molecular flexibility index (Phi) is 5.79. The Hall–Kier alpha value is -1.60. The standard InChI is InChI=1S/C16H14ClIN2O2/c1-10-2-5-12(9-14(10)18)16(22)20-19-15(21)8-11-3-6-13(17)7-4-11/h2-7,9H,8H2,1H3,(H,19,21)(H,20,22). The number of aryl methyl sites for hydroxylation is 1. The van der Waals surface area contributed by atoms with Crippen molar-refractivity contribution in [2.45, 2.75) is 13.3 Å². The third-order valence-electron chi connectivity index (χ3n) is 3.03. The Morgan fingerprint density at radius 3 is 2.41 bits per heavy atom. The fourth-order valence-corrected chi connectivity index (χ4v) is 2.41. The molecule has 0 aliphatic rings. The molecule has 0 heterocycles. The second kappa shape index (κ2) is 7.60. The second-order valence-corrected chi connectivity index (χ2v) is 6.37. The molecule has 0 spiro atoms. The fourth-order valence-electron chi connectivity index (χ4n) is 1.76. The van der Waals surface area contributed by atoms with Gasteiger partial charge in [-0.25, -0.2) is 0 Å². The largest absolute Gasteiger partial charge is 0.273 e. The first-order chi connectivity index (χ1) is 10.5. The minimum Gasteiger partial charge on any atom is -0.273 e. The van der Waals surface area contributed by atoms with E-state index in [1.54, 1.807) is 36.4 Å². The summed E-state index contributed by atoms with van der Waals surface area (Å²) >= 11 is 7.95. The fraction of sp³-hybridized carbons (Fsp3) is 0.125. The van der Waals surface area contributed by atoms with Crippen LogP contribution in [0.2, 0.25) is 5.02 Å². The molecule has 2 rings (SSSR count). The maximum absolute atomic E-state index is 12.0. The van der Waals surface area contributed by atoms with E-state index < -0.39 is 0 Å². The van der Waals surface area contributed by atoms with Crippen LogP contribution >= 0.6 is 34.2 Å². The summed E-state index contributed by atoms with van der Waals surface area (Å²) in [5.41, 5.74) is 7.24. The number of amides is 2. The van der Waals surface area contributed by atoms with Gasteiger partial charge in [0.05, 0.1) is 6.42 Å². The van der Waals surface area contributed by atoms with E-state index in [4.69, 9.17) is 11.6 Å². The lowest BCUT2D eigenvalue weighted by atomic mass is 10.1. The normalized spacial score (nSPS) is 10.1. The number of rotatable bonds is 3. The van der Waals surface area contributed by atoms with E-state index in [2.05, 4.69) is 33.4 Å². The third kappa shape index (κ3) is 4.71. The minimum absolute atomic E-state index is 0.170. The van der Waals surface area contributed by atoms with Gasteiger partial charge in [-0.2, -0.15) is 0 Å². The molecule has 0 atom stereocenters. The van der Waals surface area contributed by atoms with Crippen molar-refractivity contribution in [2.24, 2.45) is 0 Å². The molecule has 0 aliphatic carbocycles. The molecule has 0 saturated heterocycles. The van der Waals surface area contributed by atoms with Gasteiger partial charge in [0.1, 0.15) is 0 Å². The molecule has 6 heteroatoms. The zero-order valence-electron chi connectivity index (χ0n) is 11.8.